The molecule has 4 aliphatic rings. The summed E-state index contributed by atoms with van der Waals surface area (Å²) in [5.41, 5.74) is -1.11. The SMILES string of the molecule is O=C1C=CC(=O)N1.O=C1C=CC(=O)N1.O=C1C=CC(=O)N1.O=C1C=CC(=O)N1.OCC(CO)(CO)CO. The minimum absolute atomic E-state index is 0.329. The molecule has 0 aromatic carbocycles. The molecule has 4 heterocycles. The van der Waals surface area contributed by atoms with Gasteiger partial charge in [0.25, 0.3) is 47.3 Å². The highest BCUT2D eigenvalue weighted by Crippen LogP contribution is 2.11. The predicted molar refractivity (Wildman–Crippen MR) is 120 cm³/mol. The molecular formula is C21H24N4O12. The van der Waals surface area contributed by atoms with Gasteiger partial charge >= 0.3 is 0 Å². The van der Waals surface area contributed by atoms with E-state index >= 15 is 0 Å². The van der Waals surface area contributed by atoms with Crippen LogP contribution in [0, 0.1) is 5.41 Å². The first kappa shape index (κ1) is 32.4. The Labute approximate surface area is 208 Å². The Morgan fingerprint density at radius 1 is 0.378 bits per heavy atom. The van der Waals surface area contributed by atoms with Gasteiger partial charge in [0, 0.05) is 48.6 Å². The quantitative estimate of drug-likeness (QED) is 0.160. The Balaban J connectivity index is 0.000000439. The van der Waals surface area contributed by atoms with Crippen LogP contribution in [-0.2, 0) is 38.4 Å². The minimum atomic E-state index is -1.11. The van der Waals surface area contributed by atoms with Crippen molar-refractivity contribution in [2.75, 3.05) is 26.4 Å². The van der Waals surface area contributed by atoms with Crippen molar-refractivity contribution in [1.82, 2.24) is 21.3 Å². The monoisotopic (exact) mass is 524 g/mol. The molecule has 8 N–H and O–H groups in total. The Morgan fingerprint density at radius 2 is 0.514 bits per heavy atom. The van der Waals surface area contributed by atoms with Gasteiger partial charge in [-0.25, -0.2) is 0 Å². The second-order valence-corrected chi connectivity index (χ2v) is 6.88. The number of aliphatic hydroxyl groups is 4. The fourth-order valence-corrected chi connectivity index (χ4v) is 1.72. The van der Waals surface area contributed by atoms with Crippen LogP contribution in [0.5, 0.6) is 0 Å². The molecule has 0 bridgehead atoms. The van der Waals surface area contributed by atoms with Crippen LogP contribution in [-0.4, -0.2) is 94.1 Å². The molecule has 0 saturated carbocycles. The van der Waals surface area contributed by atoms with Crippen LogP contribution in [0.1, 0.15) is 0 Å². The summed E-state index contributed by atoms with van der Waals surface area (Å²) >= 11 is 0. The van der Waals surface area contributed by atoms with Crippen molar-refractivity contribution in [1.29, 1.82) is 0 Å². The van der Waals surface area contributed by atoms with Crippen LogP contribution >= 0.6 is 0 Å². The molecule has 0 spiro atoms. The Hall–Kier alpha value is -4.64. The molecule has 0 aromatic heterocycles. The third-order valence-corrected chi connectivity index (χ3v) is 3.87. The average Bonchev–Trinajstić information content (AvgIpc) is 3.64. The van der Waals surface area contributed by atoms with Crippen molar-refractivity contribution in [3.8, 4) is 0 Å². The fourth-order valence-electron chi connectivity index (χ4n) is 1.72. The molecule has 0 saturated heterocycles. The van der Waals surface area contributed by atoms with Gasteiger partial charge in [-0.3, -0.25) is 59.6 Å². The van der Waals surface area contributed by atoms with Crippen molar-refractivity contribution < 1.29 is 58.8 Å². The average molecular weight is 524 g/mol. The number of hydrogen-bond donors (Lipinski definition) is 8. The molecule has 0 fully saturated rings. The highest BCUT2D eigenvalue weighted by Gasteiger charge is 2.26. The summed E-state index contributed by atoms with van der Waals surface area (Å²) in [6.45, 7) is -1.62. The van der Waals surface area contributed by atoms with Gasteiger partial charge in [-0.2, -0.15) is 0 Å². The third-order valence-electron chi connectivity index (χ3n) is 3.87. The van der Waals surface area contributed by atoms with E-state index < -0.39 is 31.8 Å². The van der Waals surface area contributed by atoms with E-state index in [-0.39, 0.29) is 47.3 Å². The molecule has 8 amide bonds. The molecule has 200 valence electrons. The number of aliphatic hydroxyl groups excluding tert-OH is 4. The van der Waals surface area contributed by atoms with E-state index in [1.165, 1.54) is 48.6 Å². The highest BCUT2D eigenvalue weighted by molar-refractivity contribution is 6.14. The topological polar surface area (TPSA) is 266 Å². The van der Waals surface area contributed by atoms with Crippen LogP contribution in [0.2, 0.25) is 0 Å². The van der Waals surface area contributed by atoms with Crippen LogP contribution in [0.15, 0.2) is 48.6 Å². The largest absolute Gasteiger partial charge is 0.396 e. The second kappa shape index (κ2) is 16.9. The van der Waals surface area contributed by atoms with Crippen molar-refractivity contribution >= 4 is 47.3 Å². The summed E-state index contributed by atoms with van der Waals surface area (Å²) in [5.74, 6) is -2.63. The van der Waals surface area contributed by atoms with Gasteiger partial charge in [0.15, 0.2) is 0 Å². The fraction of sp³-hybridized carbons (Fsp3) is 0.238. The number of amides is 8. The number of rotatable bonds is 4. The van der Waals surface area contributed by atoms with Crippen LogP contribution in [0.4, 0.5) is 0 Å². The maximum Gasteiger partial charge on any atom is 0.250 e. The van der Waals surface area contributed by atoms with Crippen LogP contribution in [0.3, 0.4) is 0 Å². The lowest BCUT2D eigenvalue weighted by Gasteiger charge is -2.23. The number of nitrogens with one attached hydrogen (secondary N) is 4. The zero-order valence-electron chi connectivity index (χ0n) is 19.0. The predicted octanol–water partition coefficient (Wildman–Crippen LogP) is -5.26. The summed E-state index contributed by atoms with van der Waals surface area (Å²) in [6, 6.07) is 0. The first-order chi connectivity index (χ1) is 17.4. The van der Waals surface area contributed by atoms with Gasteiger partial charge in [-0.05, 0) is 0 Å². The Morgan fingerprint density at radius 3 is 0.541 bits per heavy atom. The van der Waals surface area contributed by atoms with Gasteiger partial charge in [0.2, 0.25) is 0 Å². The van der Waals surface area contributed by atoms with Crippen molar-refractivity contribution in [3.05, 3.63) is 48.6 Å². The van der Waals surface area contributed by atoms with Crippen molar-refractivity contribution in [2.45, 2.75) is 0 Å². The molecule has 0 aromatic rings. The molecule has 4 aliphatic heterocycles. The number of hydrogen-bond acceptors (Lipinski definition) is 12. The molecule has 0 atom stereocenters. The number of carbonyl (C=O) groups is 8. The van der Waals surface area contributed by atoms with Gasteiger partial charge in [-0.1, -0.05) is 0 Å². The van der Waals surface area contributed by atoms with Crippen LogP contribution in [0.25, 0.3) is 0 Å². The smallest absolute Gasteiger partial charge is 0.250 e. The lowest BCUT2D eigenvalue weighted by Crippen LogP contribution is -2.37. The molecular weight excluding hydrogens is 500 g/mol. The molecule has 16 nitrogen and oxygen atoms in total. The molecule has 0 radical (unpaired) electrons. The first-order valence-electron chi connectivity index (χ1n) is 9.95. The molecule has 0 aliphatic carbocycles. The Kier molecular flexibility index (Phi) is 14.8. The van der Waals surface area contributed by atoms with E-state index in [0.29, 0.717) is 0 Å². The lowest BCUT2D eigenvalue weighted by molar-refractivity contribution is -0.125. The number of imide groups is 4. The van der Waals surface area contributed by atoms with E-state index in [1.807, 2.05) is 21.3 Å². The zero-order valence-corrected chi connectivity index (χ0v) is 19.0. The van der Waals surface area contributed by atoms with Crippen LogP contribution < -0.4 is 21.3 Å². The second-order valence-electron chi connectivity index (χ2n) is 6.88. The summed E-state index contributed by atoms with van der Waals surface area (Å²) in [5, 5.41) is 42.1. The molecule has 4 rings (SSSR count). The maximum atomic E-state index is 10.0. The van der Waals surface area contributed by atoms with Gasteiger partial charge in [-0.15, -0.1) is 0 Å². The molecule has 16 heteroatoms. The van der Waals surface area contributed by atoms with Crippen molar-refractivity contribution in [2.24, 2.45) is 5.41 Å². The normalized spacial score (nSPS) is 16.3. The van der Waals surface area contributed by atoms with Gasteiger partial charge in [0.05, 0.1) is 31.8 Å². The summed E-state index contributed by atoms with van der Waals surface area (Å²) in [6.07, 6.45) is 9.57. The molecule has 37 heavy (non-hydrogen) atoms. The van der Waals surface area contributed by atoms with Gasteiger partial charge in [0.1, 0.15) is 0 Å². The Bertz CT molecular complexity index is 813. The van der Waals surface area contributed by atoms with E-state index in [4.69, 9.17) is 20.4 Å². The number of carbonyl (C=O) groups excluding carboxylic acids is 8. The highest BCUT2D eigenvalue weighted by atomic mass is 16.3. The summed E-state index contributed by atoms with van der Waals surface area (Å²) in [7, 11) is 0. The van der Waals surface area contributed by atoms with Gasteiger partial charge < -0.3 is 20.4 Å². The minimum Gasteiger partial charge on any atom is -0.396 e. The summed E-state index contributed by atoms with van der Waals surface area (Å²) < 4.78 is 0. The standard InChI is InChI=1S/C5H12O4.4C4H3NO2/c6-1-5(2-7,3-8)4-9;4*6-3-1-2-4(7)5-3/h6-9H,1-4H2;4*1-2H,(H,5,6,7). The van der Waals surface area contributed by atoms with E-state index in [1.54, 1.807) is 0 Å². The molecule has 0 unspecified atom stereocenters. The first-order valence-corrected chi connectivity index (χ1v) is 9.95. The zero-order chi connectivity index (χ0) is 28.4. The third kappa shape index (κ3) is 14.4. The van der Waals surface area contributed by atoms with Crippen molar-refractivity contribution in [3.63, 3.8) is 0 Å². The lowest BCUT2D eigenvalue weighted by atomic mass is 9.93. The van der Waals surface area contributed by atoms with E-state index in [9.17, 15) is 38.4 Å². The van der Waals surface area contributed by atoms with E-state index in [0.717, 1.165) is 0 Å². The van der Waals surface area contributed by atoms with E-state index in [2.05, 4.69) is 0 Å². The summed E-state index contributed by atoms with van der Waals surface area (Å²) in [4.78, 5) is 80.3. The maximum absolute atomic E-state index is 10.0.